The van der Waals surface area contributed by atoms with Gasteiger partial charge in [-0.1, -0.05) is 65.1 Å². The van der Waals surface area contributed by atoms with E-state index in [2.05, 4.69) is 16.0 Å². The van der Waals surface area contributed by atoms with Crippen molar-refractivity contribution in [3.63, 3.8) is 0 Å². The highest BCUT2D eigenvalue weighted by Crippen LogP contribution is 2.29. The first-order chi connectivity index (χ1) is 12.2. The van der Waals surface area contributed by atoms with Crippen molar-refractivity contribution in [3.8, 4) is 0 Å². The molecule has 1 atom stereocenters. The van der Waals surface area contributed by atoms with Gasteiger partial charge in [0.05, 0.1) is 0 Å². The van der Waals surface area contributed by atoms with E-state index < -0.39 is 9.96 Å². The van der Waals surface area contributed by atoms with Crippen LogP contribution in [0.4, 0.5) is 5.69 Å². The van der Waals surface area contributed by atoms with Crippen molar-refractivity contribution in [1.29, 1.82) is 0 Å². The molecule has 4 nitrogen and oxygen atoms in total. The Labute approximate surface area is 173 Å². The highest BCUT2D eigenvalue weighted by molar-refractivity contribution is 7.80. The molecular formula is C18H18Cl3N3OS. The number of benzene rings is 2. The van der Waals surface area contributed by atoms with Crippen LogP contribution in [0, 0.1) is 13.8 Å². The third-order valence-corrected chi connectivity index (χ3v) is 4.43. The quantitative estimate of drug-likeness (QED) is 0.373. The average molecular weight is 431 g/mol. The molecule has 138 valence electrons. The standard InChI is InChI=1S/C18H18Cl3N3OS/c1-11-8-9-12(2)14(10-11)22-17(26)24-16(18(19,20)21)23-15(25)13-6-4-3-5-7-13/h3-10,16H,1-2H3,(H,23,25)(H2,22,24,26). The number of amides is 1. The first-order valence-electron chi connectivity index (χ1n) is 7.74. The maximum absolute atomic E-state index is 12.3. The van der Waals surface area contributed by atoms with Crippen LogP contribution in [0.15, 0.2) is 48.5 Å². The number of hydrogen-bond donors (Lipinski definition) is 3. The predicted octanol–water partition coefficient (Wildman–Crippen LogP) is 4.72. The molecular weight excluding hydrogens is 413 g/mol. The number of carbonyl (C=O) groups is 1. The molecule has 26 heavy (non-hydrogen) atoms. The predicted molar refractivity (Wildman–Crippen MR) is 113 cm³/mol. The number of rotatable bonds is 4. The normalized spacial score (nSPS) is 12.2. The van der Waals surface area contributed by atoms with E-state index in [9.17, 15) is 4.79 Å². The summed E-state index contributed by atoms with van der Waals surface area (Å²) in [6, 6.07) is 14.6. The van der Waals surface area contributed by atoms with E-state index >= 15 is 0 Å². The van der Waals surface area contributed by atoms with Crippen LogP contribution in [0.25, 0.3) is 0 Å². The fourth-order valence-electron chi connectivity index (χ4n) is 2.16. The number of thiocarbonyl (C=S) groups is 1. The van der Waals surface area contributed by atoms with Crippen molar-refractivity contribution in [1.82, 2.24) is 10.6 Å². The Morgan fingerprint density at radius 2 is 1.69 bits per heavy atom. The Bertz CT molecular complexity index is 794. The van der Waals surface area contributed by atoms with Crippen molar-refractivity contribution in [2.24, 2.45) is 0 Å². The lowest BCUT2D eigenvalue weighted by Gasteiger charge is -2.28. The monoisotopic (exact) mass is 429 g/mol. The molecule has 0 heterocycles. The fourth-order valence-corrected chi connectivity index (χ4v) is 2.72. The Morgan fingerprint density at radius 1 is 1.04 bits per heavy atom. The van der Waals surface area contributed by atoms with Gasteiger partial charge in [-0.2, -0.15) is 0 Å². The molecule has 2 aromatic rings. The Balaban J connectivity index is 2.09. The molecule has 8 heteroatoms. The lowest BCUT2D eigenvalue weighted by molar-refractivity contribution is 0.0934. The van der Waals surface area contributed by atoms with Crippen molar-refractivity contribution >= 4 is 63.7 Å². The zero-order valence-corrected chi connectivity index (χ0v) is 17.2. The summed E-state index contributed by atoms with van der Waals surface area (Å²) in [5.74, 6) is -0.385. The second-order valence-electron chi connectivity index (χ2n) is 5.73. The molecule has 0 saturated carbocycles. The number of carbonyl (C=O) groups excluding carboxylic acids is 1. The lowest BCUT2D eigenvalue weighted by Crippen LogP contribution is -2.56. The van der Waals surface area contributed by atoms with Crippen LogP contribution >= 0.6 is 47.0 Å². The van der Waals surface area contributed by atoms with Gasteiger partial charge in [-0.25, -0.2) is 0 Å². The molecule has 0 bridgehead atoms. The van der Waals surface area contributed by atoms with E-state index in [1.165, 1.54) is 0 Å². The average Bonchev–Trinajstić information content (AvgIpc) is 2.57. The molecule has 1 amide bonds. The minimum Gasteiger partial charge on any atom is -0.339 e. The number of aryl methyl sites for hydroxylation is 2. The van der Waals surface area contributed by atoms with Gasteiger partial charge < -0.3 is 16.0 Å². The van der Waals surface area contributed by atoms with Gasteiger partial charge in [0.2, 0.25) is 3.79 Å². The zero-order valence-electron chi connectivity index (χ0n) is 14.1. The van der Waals surface area contributed by atoms with E-state index in [1.807, 2.05) is 38.1 Å². The van der Waals surface area contributed by atoms with E-state index in [0.717, 1.165) is 16.8 Å². The maximum Gasteiger partial charge on any atom is 0.252 e. The van der Waals surface area contributed by atoms with E-state index in [-0.39, 0.29) is 11.0 Å². The Kier molecular flexibility index (Phi) is 7.12. The first kappa shape index (κ1) is 20.8. The van der Waals surface area contributed by atoms with Crippen molar-refractivity contribution in [2.45, 2.75) is 23.8 Å². The minimum atomic E-state index is -1.81. The third-order valence-electron chi connectivity index (χ3n) is 3.56. The highest BCUT2D eigenvalue weighted by atomic mass is 35.6. The largest absolute Gasteiger partial charge is 0.339 e. The molecule has 0 saturated heterocycles. The lowest BCUT2D eigenvalue weighted by atomic mass is 10.1. The zero-order chi connectivity index (χ0) is 19.3. The van der Waals surface area contributed by atoms with Gasteiger partial charge in [0.15, 0.2) is 5.11 Å². The summed E-state index contributed by atoms with van der Waals surface area (Å²) in [5.41, 5.74) is 3.37. The van der Waals surface area contributed by atoms with Gasteiger partial charge >= 0.3 is 0 Å². The molecule has 2 rings (SSSR count). The van der Waals surface area contributed by atoms with Crippen LogP contribution < -0.4 is 16.0 Å². The van der Waals surface area contributed by atoms with Crippen molar-refractivity contribution < 1.29 is 4.79 Å². The van der Waals surface area contributed by atoms with Crippen LogP contribution in [-0.4, -0.2) is 21.0 Å². The van der Waals surface area contributed by atoms with Gasteiger partial charge in [0, 0.05) is 11.3 Å². The smallest absolute Gasteiger partial charge is 0.252 e. The van der Waals surface area contributed by atoms with E-state index in [0.29, 0.717) is 5.56 Å². The molecule has 0 aliphatic rings. The second kappa shape index (κ2) is 8.91. The van der Waals surface area contributed by atoms with Gasteiger partial charge in [0.25, 0.3) is 5.91 Å². The fraction of sp³-hybridized carbons (Fsp3) is 0.222. The highest BCUT2D eigenvalue weighted by Gasteiger charge is 2.34. The first-order valence-corrected chi connectivity index (χ1v) is 9.28. The Morgan fingerprint density at radius 3 is 2.31 bits per heavy atom. The van der Waals surface area contributed by atoms with E-state index in [1.54, 1.807) is 24.3 Å². The van der Waals surface area contributed by atoms with Gasteiger partial charge in [0.1, 0.15) is 6.17 Å². The van der Waals surface area contributed by atoms with Gasteiger partial charge in [-0.15, -0.1) is 0 Å². The molecule has 2 aromatic carbocycles. The number of halogens is 3. The minimum absolute atomic E-state index is 0.225. The summed E-state index contributed by atoms with van der Waals surface area (Å²) in [5, 5.41) is 8.77. The van der Waals surface area contributed by atoms with Crippen LogP contribution in [0.2, 0.25) is 0 Å². The summed E-state index contributed by atoms with van der Waals surface area (Å²) in [6.07, 6.45) is -1.02. The second-order valence-corrected chi connectivity index (χ2v) is 8.51. The molecule has 0 spiro atoms. The summed E-state index contributed by atoms with van der Waals surface area (Å²) < 4.78 is -1.81. The summed E-state index contributed by atoms with van der Waals surface area (Å²) >= 11 is 23.3. The van der Waals surface area contributed by atoms with Crippen LogP contribution in [0.3, 0.4) is 0 Å². The molecule has 0 radical (unpaired) electrons. The van der Waals surface area contributed by atoms with Crippen molar-refractivity contribution in [2.75, 3.05) is 5.32 Å². The van der Waals surface area contributed by atoms with Crippen LogP contribution in [-0.2, 0) is 0 Å². The summed E-state index contributed by atoms with van der Waals surface area (Å²) in [7, 11) is 0. The Hall–Kier alpha value is -1.53. The maximum atomic E-state index is 12.3. The SMILES string of the molecule is Cc1ccc(C)c(NC(=S)NC(NC(=O)c2ccccc2)C(Cl)(Cl)Cl)c1. The van der Waals surface area contributed by atoms with Crippen LogP contribution in [0.1, 0.15) is 21.5 Å². The molecule has 0 aliphatic carbocycles. The third kappa shape index (κ3) is 6.02. The summed E-state index contributed by atoms with van der Waals surface area (Å²) in [6.45, 7) is 3.93. The van der Waals surface area contributed by atoms with Crippen molar-refractivity contribution in [3.05, 3.63) is 65.2 Å². The molecule has 0 aliphatic heterocycles. The van der Waals surface area contributed by atoms with Gasteiger partial charge in [-0.05, 0) is 55.4 Å². The van der Waals surface area contributed by atoms with Gasteiger partial charge in [-0.3, -0.25) is 4.79 Å². The number of anilines is 1. The molecule has 0 fully saturated rings. The number of nitrogens with one attached hydrogen (secondary N) is 3. The topological polar surface area (TPSA) is 53.2 Å². The summed E-state index contributed by atoms with van der Waals surface area (Å²) in [4.78, 5) is 12.3. The number of hydrogen-bond acceptors (Lipinski definition) is 2. The molecule has 3 N–H and O–H groups in total. The van der Waals surface area contributed by atoms with Crippen LogP contribution in [0.5, 0.6) is 0 Å². The molecule has 0 aromatic heterocycles. The molecule has 1 unspecified atom stereocenters. The number of alkyl halides is 3. The van der Waals surface area contributed by atoms with E-state index in [4.69, 9.17) is 47.0 Å².